The lowest BCUT2D eigenvalue weighted by Gasteiger charge is -1.99. The van der Waals surface area contributed by atoms with Crippen LogP contribution in [0.15, 0.2) is 30.7 Å². The van der Waals surface area contributed by atoms with Crippen molar-refractivity contribution in [2.75, 3.05) is 7.11 Å². The van der Waals surface area contributed by atoms with Gasteiger partial charge >= 0.3 is 0 Å². The monoisotopic (exact) mass is 206 g/mol. The maximum absolute atomic E-state index is 5.10. The summed E-state index contributed by atoms with van der Waals surface area (Å²) in [5.74, 6) is 1.64. The molecule has 2 aromatic rings. The van der Waals surface area contributed by atoms with Crippen molar-refractivity contribution >= 4 is 5.65 Å². The number of rotatable bonds is 1. The molecule has 15 heavy (non-hydrogen) atoms. The van der Waals surface area contributed by atoms with Gasteiger partial charge in [0.15, 0.2) is 11.4 Å². The minimum absolute atomic E-state index is 0.803. The van der Waals surface area contributed by atoms with Gasteiger partial charge in [-0.1, -0.05) is 20.8 Å². The molecule has 0 saturated carbocycles. The van der Waals surface area contributed by atoms with Crippen molar-refractivity contribution in [2.45, 2.75) is 20.8 Å². The van der Waals surface area contributed by atoms with Crippen molar-refractivity contribution in [2.24, 2.45) is 5.92 Å². The van der Waals surface area contributed by atoms with Gasteiger partial charge in [0.25, 0.3) is 0 Å². The van der Waals surface area contributed by atoms with Crippen LogP contribution in [0.1, 0.15) is 20.8 Å². The van der Waals surface area contributed by atoms with Gasteiger partial charge in [0, 0.05) is 18.6 Å². The molecule has 0 aliphatic rings. The molecule has 2 aromatic heterocycles. The Hall–Kier alpha value is -1.51. The van der Waals surface area contributed by atoms with Gasteiger partial charge in [-0.2, -0.15) is 0 Å². The van der Waals surface area contributed by atoms with E-state index in [9.17, 15) is 0 Å². The summed E-state index contributed by atoms with van der Waals surface area (Å²) < 4.78 is 7.02. The van der Waals surface area contributed by atoms with E-state index in [1.807, 2.05) is 28.9 Å². The number of nitrogens with zero attached hydrogens (tertiary/aromatic N) is 2. The zero-order valence-corrected chi connectivity index (χ0v) is 9.77. The van der Waals surface area contributed by atoms with Crippen LogP contribution in [0.25, 0.3) is 5.65 Å². The smallest absolute Gasteiger partial charge is 0.179 e. The number of imidazole rings is 1. The maximum atomic E-state index is 5.10. The van der Waals surface area contributed by atoms with Crippen molar-refractivity contribution in [3.05, 3.63) is 30.7 Å². The van der Waals surface area contributed by atoms with Crippen LogP contribution in [-0.4, -0.2) is 16.5 Å². The number of fused-ring (bicyclic) bond motifs is 1. The molecule has 0 aliphatic carbocycles. The highest BCUT2D eigenvalue weighted by Gasteiger charge is 1.98. The SMILES string of the molecule is CC(C)C.COc1cccn2ccnc12. The van der Waals surface area contributed by atoms with Gasteiger partial charge in [0.2, 0.25) is 0 Å². The van der Waals surface area contributed by atoms with Crippen molar-refractivity contribution in [1.82, 2.24) is 9.38 Å². The van der Waals surface area contributed by atoms with Crippen LogP contribution in [0.4, 0.5) is 0 Å². The third kappa shape index (κ3) is 3.27. The van der Waals surface area contributed by atoms with Crippen molar-refractivity contribution in [3.8, 4) is 5.75 Å². The summed E-state index contributed by atoms with van der Waals surface area (Å²) >= 11 is 0. The molecule has 3 heteroatoms. The lowest BCUT2D eigenvalue weighted by atomic mass is 10.3. The molecule has 0 radical (unpaired) electrons. The molecule has 82 valence electrons. The molecular formula is C12H18N2O. The van der Waals surface area contributed by atoms with E-state index in [0.29, 0.717) is 0 Å². The van der Waals surface area contributed by atoms with Gasteiger partial charge < -0.3 is 9.14 Å². The summed E-state index contributed by atoms with van der Waals surface area (Å²) in [7, 11) is 1.64. The van der Waals surface area contributed by atoms with E-state index in [4.69, 9.17) is 4.74 Å². The minimum Gasteiger partial charge on any atom is -0.493 e. The molecule has 0 spiro atoms. The number of hydrogen-bond acceptors (Lipinski definition) is 2. The van der Waals surface area contributed by atoms with Crippen LogP contribution >= 0.6 is 0 Å². The molecule has 0 aromatic carbocycles. The van der Waals surface area contributed by atoms with Gasteiger partial charge in [-0.05, 0) is 18.1 Å². The molecule has 0 N–H and O–H groups in total. The second-order valence-electron chi connectivity index (χ2n) is 3.97. The fraction of sp³-hybridized carbons (Fsp3) is 0.417. The van der Waals surface area contributed by atoms with Gasteiger partial charge in [-0.25, -0.2) is 4.98 Å². The van der Waals surface area contributed by atoms with Crippen LogP contribution in [0.5, 0.6) is 5.75 Å². The highest BCUT2D eigenvalue weighted by Crippen LogP contribution is 2.15. The van der Waals surface area contributed by atoms with E-state index in [1.54, 1.807) is 13.3 Å². The first-order chi connectivity index (χ1) is 7.15. The third-order valence-corrected chi connectivity index (χ3v) is 1.60. The van der Waals surface area contributed by atoms with Crippen LogP contribution < -0.4 is 4.74 Å². The molecule has 2 heterocycles. The normalized spacial score (nSPS) is 9.93. The Labute approximate surface area is 90.7 Å². The Morgan fingerprint density at radius 1 is 1.27 bits per heavy atom. The molecule has 3 nitrogen and oxygen atoms in total. The van der Waals surface area contributed by atoms with E-state index in [0.717, 1.165) is 17.3 Å². The topological polar surface area (TPSA) is 26.5 Å². The van der Waals surface area contributed by atoms with Gasteiger partial charge in [0.05, 0.1) is 7.11 Å². The zero-order valence-electron chi connectivity index (χ0n) is 9.77. The first kappa shape index (κ1) is 11.6. The molecule has 0 fully saturated rings. The van der Waals surface area contributed by atoms with Gasteiger partial charge in [-0.15, -0.1) is 0 Å². The quantitative estimate of drug-likeness (QED) is 0.717. The molecule has 2 rings (SSSR count). The molecule has 0 amide bonds. The summed E-state index contributed by atoms with van der Waals surface area (Å²) in [6.45, 7) is 6.50. The van der Waals surface area contributed by atoms with Crippen molar-refractivity contribution in [1.29, 1.82) is 0 Å². The predicted octanol–water partition coefficient (Wildman–Crippen LogP) is 3.01. The fourth-order valence-electron chi connectivity index (χ4n) is 1.08. The predicted molar refractivity (Wildman–Crippen MR) is 62.3 cm³/mol. The van der Waals surface area contributed by atoms with Crippen molar-refractivity contribution in [3.63, 3.8) is 0 Å². The van der Waals surface area contributed by atoms with Crippen LogP contribution in [0.3, 0.4) is 0 Å². The number of aromatic nitrogens is 2. The summed E-state index contributed by atoms with van der Waals surface area (Å²) in [4.78, 5) is 4.13. The lowest BCUT2D eigenvalue weighted by molar-refractivity contribution is 0.417. The molecular weight excluding hydrogens is 188 g/mol. The van der Waals surface area contributed by atoms with Gasteiger partial charge in [0.1, 0.15) is 0 Å². The Morgan fingerprint density at radius 3 is 2.53 bits per heavy atom. The van der Waals surface area contributed by atoms with Crippen LogP contribution in [0, 0.1) is 5.92 Å². The Morgan fingerprint density at radius 2 is 1.93 bits per heavy atom. The number of methoxy groups -OCH3 is 1. The third-order valence-electron chi connectivity index (χ3n) is 1.60. The Kier molecular flexibility index (Phi) is 4.16. The van der Waals surface area contributed by atoms with E-state index in [-0.39, 0.29) is 0 Å². The average molecular weight is 206 g/mol. The summed E-state index contributed by atoms with van der Waals surface area (Å²) in [6.07, 6.45) is 5.57. The van der Waals surface area contributed by atoms with E-state index >= 15 is 0 Å². The summed E-state index contributed by atoms with van der Waals surface area (Å²) in [6, 6.07) is 3.82. The fourth-order valence-corrected chi connectivity index (χ4v) is 1.08. The standard InChI is InChI=1S/C8H8N2O.C4H10/c1-11-7-3-2-5-10-6-4-9-8(7)10;1-4(2)3/h2-6H,1H3;4H,1-3H3. The molecule has 0 atom stereocenters. The second kappa shape index (κ2) is 5.39. The molecule has 0 unspecified atom stereocenters. The van der Waals surface area contributed by atoms with E-state index in [1.165, 1.54) is 0 Å². The summed E-state index contributed by atoms with van der Waals surface area (Å²) in [5.41, 5.74) is 0.856. The Balaban J connectivity index is 0.000000245. The second-order valence-corrected chi connectivity index (χ2v) is 3.97. The van der Waals surface area contributed by atoms with Crippen LogP contribution in [-0.2, 0) is 0 Å². The molecule has 0 bridgehead atoms. The Bertz CT molecular complexity index is 404. The largest absolute Gasteiger partial charge is 0.493 e. The highest BCUT2D eigenvalue weighted by molar-refractivity contribution is 5.52. The molecule has 0 aliphatic heterocycles. The number of pyridine rings is 1. The number of ether oxygens (including phenoxy) is 1. The van der Waals surface area contributed by atoms with E-state index in [2.05, 4.69) is 25.8 Å². The number of hydrogen-bond donors (Lipinski definition) is 0. The molecule has 0 saturated heterocycles. The van der Waals surface area contributed by atoms with Gasteiger partial charge in [-0.3, -0.25) is 0 Å². The summed E-state index contributed by atoms with van der Waals surface area (Å²) in [5, 5.41) is 0. The zero-order chi connectivity index (χ0) is 11.3. The lowest BCUT2D eigenvalue weighted by Crippen LogP contribution is -1.88. The van der Waals surface area contributed by atoms with E-state index < -0.39 is 0 Å². The average Bonchev–Trinajstić information content (AvgIpc) is 2.63. The van der Waals surface area contributed by atoms with Crippen LogP contribution in [0.2, 0.25) is 0 Å². The first-order valence-electron chi connectivity index (χ1n) is 5.10. The minimum atomic E-state index is 0.803. The highest BCUT2D eigenvalue weighted by atomic mass is 16.5. The first-order valence-corrected chi connectivity index (χ1v) is 5.10. The van der Waals surface area contributed by atoms with Crippen molar-refractivity contribution < 1.29 is 4.74 Å². The maximum Gasteiger partial charge on any atom is 0.179 e.